The first-order chi connectivity index (χ1) is 11.6. The van der Waals surface area contributed by atoms with E-state index in [-0.39, 0.29) is 0 Å². The summed E-state index contributed by atoms with van der Waals surface area (Å²) in [6, 6.07) is 7.26. The van der Waals surface area contributed by atoms with Gasteiger partial charge < -0.3 is 15.4 Å². The zero-order valence-electron chi connectivity index (χ0n) is 13.9. The summed E-state index contributed by atoms with van der Waals surface area (Å²) in [4.78, 5) is 21.4. The third kappa shape index (κ3) is 3.37. The van der Waals surface area contributed by atoms with Crippen molar-refractivity contribution >= 4 is 33.9 Å². The number of primary amides is 1. The SMILES string of the molecule is CC(C)c1cnc(N(C(N)=O)c2ccccc2N2CCOCC2)s1. The van der Waals surface area contributed by atoms with Gasteiger partial charge in [0.2, 0.25) is 0 Å². The van der Waals surface area contributed by atoms with Crippen molar-refractivity contribution in [2.75, 3.05) is 36.1 Å². The van der Waals surface area contributed by atoms with Crippen molar-refractivity contribution in [3.05, 3.63) is 35.3 Å². The molecule has 3 rings (SSSR count). The van der Waals surface area contributed by atoms with Crippen molar-refractivity contribution in [2.45, 2.75) is 19.8 Å². The van der Waals surface area contributed by atoms with E-state index in [9.17, 15) is 4.79 Å². The van der Waals surface area contributed by atoms with Crippen LogP contribution < -0.4 is 15.5 Å². The van der Waals surface area contributed by atoms with Crippen LogP contribution in [-0.2, 0) is 4.74 Å². The molecule has 1 aromatic heterocycles. The number of carbonyl (C=O) groups is 1. The third-order valence-electron chi connectivity index (χ3n) is 3.97. The van der Waals surface area contributed by atoms with Gasteiger partial charge in [0.05, 0.1) is 24.6 Å². The van der Waals surface area contributed by atoms with Crippen LogP contribution in [0.15, 0.2) is 30.5 Å². The lowest BCUT2D eigenvalue weighted by Gasteiger charge is -2.32. The Balaban J connectivity index is 2.01. The van der Waals surface area contributed by atoms with Gasteiger partial charge in [-0.25, -0.2) is 14.7 Å². The smallest absolute Gasteiger partial charge is 0.325 e. The highest BCUT2D eigenvalue weighted by Crippen LogP contribution is 2.37. The lowest BCUT2D eigenvalue weighted by atomic mass is 10.2. The van der Waals surface area contributed by atoms with Crippen LogP contribution in [0.2, 0.25) is 0 Å². The van der Waals surface area contributed by atoms with Crippen LogP contribution in [0.25, 0.3) is 0 Å². The Bertz CT molecular complexity index is 710. The van der Waals surface area contributed by atoms with Crippen LogP contribution in [0.3, 0.4) is 0 Å². The first kappa shape index (κ1) is 16.7. The van der Waals surface area contributed by atoms with E-state index >= 15 is 0 Å². The lowest BCUT2D eigenvalue weighted by Crippen LogP contribution is -2.38. The first-order valence-electron chi connectivity index (χ1n) is 8.05. The van der Waals surface area contributed by atoms with E-state index < -0.39 is 6.03 Å². The van der Waals surface area contributed by atoms with Gasteiger partial charge in [-0.1, -0.05) is 26.0 Å². The molecule has 2 heterocycles. The molecule has 0 radical (unpaired) electrons. The quantitative estimate of drug-likeness (QED) is 0.922. The van der Waals surface area contributed by atoms with Crippen molar-refractivity contribution < 1.29 is 9.53 Å². The summed E-state index contributed by atoms with van der Waals surface area (Å²) in [5.41, 5.74) is 7.43. The van der Waals surface area contributed by atoms with E-state index in [1.54, 1.807) is 0 Å². The summed E-state index contributed by atoms with van der Waals surface area (Å²) in [7, 11) is 0. The molecule has 128 valence electrons. The second-order valence-corrected chi connectivity index (χ2v) is 7.00. The average molecular weight is 346 g/mol. The number of hydrogen-bond acceptors (Lipinski definition) is 5. The highest BCUT2D eigenvalue weighted by Gasteiger charge is 2.24. The predicted octanol–water partition coefficient (Wildman–Crippen LogP) is 3.32. The third-order valence-corrected chi connectivity index (χ3v) is 5.25. The Morgan fingerprint density at radius 2 is 2.04 bits per heavy atom. The summed E-state index contributed by atoms with van der Waals surface area (Å²) < 4.78 is 5.43. The van der Waals surface area contributed by atoms with Gasteiger partial charge in [-0.05, 0) is 18.1 Å². The molecule has 24 heavy (non-hydrogen) atoms. The standard InChI is InChI=1S/C17H22N4O2S/c1-12(2)15-11-19-17(24-15)21(16(18)22)14-6-4-3-5-13(14)20-7-9-23-10-8-20/h3-6,11-12H,7-10H2,1-2H3,(H2,18,22). The van der Waals surface area contributed by atoms with Crippen molar-refractivity contribution in [3.8, 4) is 0 Å². The number of nitrogens with zero attached hydrogens (tertiary/aromatic N) is 3. The van der Waals surface area contributed by atoms with E-state index in [0.717, 1.165) is 29.3 Å². The maximum Gasteiger partial charge on any atom is 0.325 e. The van der Waals surface area contributed by atoms with Gasteiger partial charge in [0, 0.05) is 24.2 Å². The van der Waals surface area contributed by atoms with Gasteiger partial charge in [0.1, 0.15) is 0 Å². The molecule has 7 heteroatoms. The number of nitrogens with two attached hydrogens (primary N) is 1. The minimum atomic E-state index is -0.527. The number of anilines is 3. The van der Waals surface area contributed by atoms with E-state index in [0.29, 0.717) is 24.3 Å². The van der Waals surface area contributed by atoms with Crippen molar-refractivity contribution in [3.63, 3.8) is 0 Å². The number of benzene rings is 1. The van der Waals surface area contributed by atoms with Gasteiger partial charge >= 0.3 is 6.03 Å². The van der Waals surface area contributed by atoms with Gasteiger partial charge in [-0.15, -0.1) is 11.3 Å². The Labute approximate surface area is 145 Å². The normalized spacial score (nSPS) is 14.9. The fourth-order valence-electron chi connectivity index (χ4n) is 2.69. The Morgan fingerprint density at radius 1 is 1.33 bits per heavy atom. The number of rotatable bonds is 4. The van der Waals surface area contributed by atoms with Crippen LogP contribution in [0.4, 0.5) is 21.3 Å². The molecule has 0 unspecified atom stereocenters. The zero-order chi connectivity index (χ0) is 17.1. The van der Waals surface area contributed by atoms with Crippen LogP contribution >= 0.6 is 11.3 Å². The molecule has 1 saturated heterocycles. The number of ether oxygens (including phenoxy) is 1. The van der Waals surface area contributed by atoms with Gasteiger partial charge in [0.25, 0.3) is 0 Å². The topological polar surface area (TPSA) is 71.7 Å². The molecular weight excluding hydrogens is 324 g/mol. The molecule has 6 nitrogen and oxygen atoms in total. The Morgan fingerprint density at radius 3 is 2.67 bits per heavy atom. The van der Waals surface area contributed by atoms with Crippen molar-refractivity contribution in [1.82, 2.24) is 4.98 Å². The highest BCUT2D eigenvalue weighted by atomic mass is 32.1. The number of thiazole rings is 1. The summed E-state index contributed by atoms with van der Waals surface area (Å²) in [5, 5.41) is 0.604. The fourth-order valence-corrected chi connectivity index (χ4v) is 3.63. The average Bonchev–Trinajstić information content (AvgIpc) is 3.06. The van der Waals surface area contributed by atoms with Crippen LogP contribution in [0.5, 0.6) is 0 Å². The molecule has 0 atom stereocenters. The number of urea groups is 1. The van der Waals surface area contributed by atoms with Gasteiger partial charge in [-0.3, -0.25) is 0 Å². The maximum absolute atomic E-state index is 12.2. The van der Waals surface area contributed by atoms with Crippen molar-refractivity contribution in [1.29, 1.82) is 0 Å². The minimum Gasteiger partial charge on any atom is -0.378 e. The summed E-state index contributed by atoms with van der Waals surface area (Å²) in [6.07, 6.45) is 1.82. The van der Waals surface area contributed by atoms with Crippen LogP contribution in [-0.4, -0.2) is 37.3 Å². The molecule has 2 amide bonds. The number of para-hydroxylation sites is 2. The zero-order valence-corrected chi connectivity index (χ0v) is 14.8. The monoisotopic (exact) mass is 346 g/mol. The van der Waals surface area contributed by atoms with E-state index in [1.807, 2.05) is 30.5 Å². The predicted molar refractivity (Wildman–Crippen MR) is 97.4 cm³/mol. The second-order valence-electron chi connectivity index (χ2n) is 5.96. The number of aromatic nitrogens is 1. The van der Waals surface area contributed by atoms with E-state index in [1.165, 1.54) is 16.2 Å². The molecular formula is C17H22N4O2S. The molecule has 1 aromatic carbocycles. The molecule has 2 aromatic rings. The molecule has 1 fully saturated rings. The van der Waals surface area contributed by atoms with Crippen molar-refractivity contribution in [2.24, 2.45) is 5.73 Å². The lowest BCUT2D eigenvalue weighted by molar-refractivity contribution is 0.123. The molecule has 0 bridgehead atoms. The molecule has 1 aliphatic rings. The minimum absolute atomic E-state index is 0.362. The van der Waals surface area contributed by atoms with Crippen LogP contribution in [0.1, 0.15) is 24.6 Å². The number of hydrogen-bond donors (Lipinski definition) is 1. The molecule has 0 spiro atoms. The molecule has 0 aliphatic carbocycles. The number of carbonyl (C=O) groups excluding carboxylic acids is 1. The van der Waals surface area contributed by atoms with Gasteiger partial charge in [0.15, 0.2) is 5.13 Å². The fraction of sp³-hybridized carbons (Fsp3) is 0.412. The first-order valence-corrected chi connectivity index (χ1v) is 8.86. The van der Waals surface area contributed by atoms with E-state index in [4.69, 9.17) is 10.5 Å². The molecule has 1 aliphatic heterocycles. The Kier molecular flexibility index (Phi) is 5.01. The highest BCUT2D eigenvalue weighted by molar-refractivity contribution is 7.16. The van der Waals surface area contributed by atoms with Crippen LogP contribution in [0, 0.1) is 0 Å². The Hall–Kier alpha value is -2.12. The van der Waals surface area contributed by atoms with E-state index in [2.05, 4.69) is 23.7 Å². The number of morpholine rings is 1. The van der Waals surface area contributed by atoms with Gasteiger partial charge in [-0.2, -0.15) is 0 Å². The summed E-state index contributed by atoms with van der Waals surface area (Å²) in [5.74, 6) is 0.362. The summed E-state index contributed by atoms with van der Waals surface area (Å²) >= 11 is 1.50. The number of amides is 2. The largest absolute Gasteiger partial charge is 0.378 e. The molecule has 0 saturated carbocycles. The second kappa shape index (κ2) is 7.19. The maximum atomic E-state index is 12.2. The molecule has 2 N–H and O–H groups in total. The summed E-state index contributed by atoms with van der Waals surface area (Å²) in [6.45, 7) is 7.15.